The van der Waals surface area contributed by atoms with E-state index in [9.17, 15) is 9.59 Å². The van der Waals surface area contributed by atoms with Crippen molar-refractivity contribution in [3.8, 4) is 0 Å². The van der Waals surface area contributed by atoms with Gasteiger partial charge in [-0.2, -0.15) is 0 Å². The smallest absolute Gasteiger partial charge is 0.410 e. The van der Waals surface area contributed by atoms with Gasteiger partial charge in [-0.1, -0.05) is 0 Å². The Morgan fingerprint density at radius 1 is 1.54 bits per heavy atom. The minimum absolute atomic E-state index is 0.0175. The average Bonchev–Trinajstić information content (AvgIpc) is 2.46. The van der Waals surface area contributed by atoms with Crippen molar-refractivity contribution in [2.24, 2.45) is 0 Å². The summed E-state index contributed by atoms with van der Waals surface area (Å²) in [6, 6.07) is -0.970. The number of methoxy groups -OCH3 is 1. The Bertz CT molecular complexity index is 229. The Kier molecular flexibility index (Phi) is 2.72. The van der Waals surface area contributed by atoms with E-state index in [2.05, 4.69) is 4.74 Å². The van der Waals surface area contributed by atoms with Crippen molar-refractivity contribution < 1.29 is 24.5 Å². The van der Waals surface area contributed by atoms with Crippen LogP contribution in [0, 0.1) is 0 Å². The van der Waals surface area contributed by atoms with Crippen LogP contribution in [0.25, 0.3) is 0 Å². The summed E-state index contributed by atoms with van der Waals surface area (Å²) in [5.41, 5.74) is 0. The predicted octanol–water partition coefficient (Wildman–Crippen LogP) is -0.727. The van der Waals surface area contributed by atoms with E-state index in [1.807, 2.05) is 0 Å². The fraction of sp³-hybridized carbons (Fsp3) is 0.714. The molecule has 1 fully saturated rings. The van der Waals surface area contributed by atoms with Gasteiger partial charge in [0.25, 0.3) is 0 Å². The minimum atomic E-state index is -1.12. The third kappa shape index (κ3) is 1.89. The van der Waals surface area contributed by atoms with Gasteiger partial charge in [0.15, 0.2) is 0 Å². The SMILES string of the molecule is COC(=O)N1CC(O)CC1C(=O)O. The molecule has 1 saturated heterocycles. The van der Waals surface area contributed by atoms with Crippen LogP contribution < -0.4 is 0 Å². The van der Waals surface area contributed by atoms with Crippen molar-refractivity contribution in [1.82, 2.24) is 4.90 Å². The van der Waals surface area contributed by atoms with Gasteiger partial charge in [0.05, 0.1) is 19.8 Å². The number of aliphatic carboxylic acids is 1. The maximum atomic E-state index is 11.0. The molecule has 2 atom stereocenters. The molecule has 0 bridgehead atoms. The molecule has 0 aromatic heterocycles. The van der Waals surface area contributed by atoms with Crippen LogP contribution in [0.3, 0.4) is 0 Å². The summed E-state index contributed by atoms with van der Waals surface area (Å²) < 4.78 is 4.38. The number of carbonyl (C=O) groups excluding carboxylic acids is 1. The molecule has 13 heavy (non-hydrogen) atoms. The summed E-state index contributed by atoms with van der Waals surface area (Å²) in [6.07, 6.45) is -1.44. The second kappa shape index (κ2) is 3.61. The first-order chi connectivity index (χ1) is 6.06. The number of ether oxygens (including phenoxy) is 1. The molecular weight excluding hydrogens is 178 g/mol. The van der Waals surface area contributed by atoms with E-state index in [0.29, 0.717) is 0 Å². The van der Waals surface area contributed by atoms with Crippen LogP contribution in [0.15, 0.2) is 0 Å². The summed E-state index contributed by atoms with van der Waals surface area (Å²) >= 11 is 0. The molecule has 0 saturated carbocycles. The number of β-amino-alcohol motifs (C(OH)–C–C–N with tert-alkyl or cyclic N) is 1. The van der Waals surface area contributed by atoms with Gasteiger partial charge in [0.1, 0.15) is 6.04 Å². The van der Waals surface area contributed by atoms with Crippen molar-refractivity contribution in [2.75, 3.05) is 13.7 Å². The molecule has 0 spiro atoms. The summed E-state index contributed by atoms with van der Waals surface area (Å²) in [7, 11) is 1.17. The fourth-order valence-corrected chi connectivity index (χ4v) is 1.37. The monoisotopic (exact) mass is 189 g/mol. The van der Waals surface area contributed by atoms with Crippen LogP contribution in [0.1, 0.15) is 6.42 Å². The molecule has 0 radical (unpaired) electrons. The lowest BCUT2D eigenvalue weighted by Crippen LogP contribution is -2.40. The number of aliphatic hydroxyl groups excluding tert-OH is 1. The summed E-state index contributed by atoms with van der Waals surface area (Å²) in [5, 5.41) is 17.8. The first-order valence-electron chi connectivity index (χ1n) is 3.81. The van der Waals surface area contributed by atoms with Crippen LogP contribution >= 0.6 is 0 Å². The molecule has 2 N–H and O–H groups in total. The topological polar surface area (TPSA) is 87.1 Å². The molecule has 0 aromatic rings. The number of nitrogens with zero attached hydrogens (tertiary/aromatic N) is 1. The third-order valence-electron chi connectivity index (χ3n) is 1.97. The van der Waals surface area contributed by atoms with E-state index in [4.69, 9.17) is 10.2 Å². The standard InChI is InChI=1S/C7H11NO5/c1-13-7(12)8-3-4(9)2-5(8)6(10)11/h4-5,9H,2-3H2,1H3,(H,10,11). The van der Waals surface area contributed by atoms with Crippen LogP contribution in [-0.4, -0.2) is 53.0 Å². The van der Waals surface area contributed by atoms with Gasteiger partial charge in [-0.25, -0.2) is 9.59 Å². The van der Waals surface area contributed by atoms with Gasteiger partial charge < -0.3 is 14.9 Å². The first-order valence-corrected chi connectivity index (χ1v) is 3.81. The van der Waals surface area contributed by atoms with Gasteiger partial charge in [-0.15, -0.1) is 0 Å². The van der Waals surface area contributed by atoms with E-state index < -0.39 is 24.2 Å². The molecule has 6 nitrogen and oxygen atoms in total. The Morgan fingerprint density at radius 2 is 2.15 bits per heavy atom. The van der Waals surface area contributed by atoms with Gasteiger partial charge in [-0.3, -0.25) is 4.90 Å². The summed E-state index contributed by atoms with van der Waals surface area (Å²) in [4.78, 5) is 22.6. The van der Waals surface area contributed by atoms with Gasteiger partial charge >= 0.3 is 12.1 Å². The Balaban J connectivity index is 2.71. The molecule has 1 rings (SSSR count). The van der Waals surface area contributed by atoms with Crippen molar-refractivity contribution in [3.63, 3.8) is 0 Å². The summed E-state index contributed by atoms with van der Waals surface area (Å²) in [5.74, 6) is -1.12. The number of hydrogen-bond acceptors (Lipinski definition) is 4. The number of aliphatic hydroxyl groups is 1. The summed E-state index contributed by atoms with van der Waals surface area (Å²) in [6.45, 7) is 0.0175. The molecule has 1 aliphatic rings. The first kappa shape index (κ1) is 9.79. The van der Waals surface area contributed by atoms with Crippen LogP contribution in [-0.2, 0) is 9.53 Å². The fourth-order valence-electron chi connectivity index (χ4n) is 1.37. The van der Waals surface area contributed by atoms with E-state index in [0.717, 1.165) is 4.90 Å². The zero-order valence-electron chi connectivity index (χ0n) is 7.14. The molecule has 74 valence electrons. The zero-order valence-corrected chi connectivity index (χ0v) is 7.14. The molecule has 0 aliphatic carbocycles. The Hall–Kier alpha value is -1.30. The highest BCUT2D eigenvalue weighted by molar-refractivity contribution is 5.80. The average molecular weight is 189 g/mol. The number of amides is 1. The van der Waals surface area contributed by atoms with E-state index in [-0.39, 0.29) is 13.0 Å². The highest BCUT2D eigenvalue weighted by atomic mass is 16.5. The molecule has 1 aliphatic heterocycles. The lowest BCUT2D eigenvalue weighted by atomic mass is 10.2. The second-order valence-corrected chi connectivity index (χ2v) is 2.87. The Labute approximate surface area is 74.7 Å². The quantitative estimate of drug-likeness (QED) is 0.568. The van der Waals surface area contributed by atoms with Gasteiger partial charge in [0, 0.05) is 6.42 Å². The maximum absolute atomic E-state index is 11.0. The number of likely N-dealkylation sites (tertiary alicyclic amines) is 1. The van der Waals surface area contributed by atoms with Crippen molar-refractivity contribution >= 4 is 12.1 Å². The van der Waals surface area contributed by atoms with Gasteiger partial charge in [0.2, 0.25) is 0 Å². The molecule has 2 unspecified atom stereocenters. The number of carbonyl (C=O) groups is 2. The minimum Gasteiger partial charge on any atom is -0.480 e. The largest absolute Gasteiger partial charge is 0.480 e. The van der Waals surface area contributed by atoms with Crippen LogP contribution in [0.2, 0.25) is 0 Å². The Morgan fingerprint density at radius 3 is 2.62 bits per heavy atom. The molecule has 1 heterocycles. The molecule has 1 amide bonds. The van der Waals surface area contributed by atoms with Crippen LogP contribution in [0.4, 0.5) is 4.79 Å². The number of carboxylic acids is 1. The maximum Gasteiger partial charge on any atom is 0.410 e. The van der Waals surface area contributed by atoms with E-state index >= 15 is 0 Å². The van der Waals surface area contributed by atoms with Gasteiger partial charge in [-0.05, 0) is 0 Å². The van der Waals surface area contributed by atoms with E-state index in [1.54, 1.807) is 0 Å². The van der Waals surface area contributed by atoms with Crippen molar-refractivity contribution in [1.29, 1.82) is 0 Å². The molecule has 0 aromatic carbocycles. The molecular formula is C7H11NO5. The highest BCUT2D eigenvalue weighted by Crippen LogP contribution is 2.18. The van der Waals surface area contributed by atoms with Crippen molar-refractivity contribution in [2.45, 2.75) is 18.6 Å². The number of hydrogen-bond donors (Lipinski definition) is 2. The third-order valence-corrected chi connectivity index (χ3v) is 1.97. The lowest BCUT2D eigenvalue weighted by Gasteiger charge is -2.18. The van der Waals surface area contributed by atoms with Crippen LogP contribution in [0.5, 0.6) is 0 Å². The van der Waals surface area contributed by atoms with E-state index in [1.165, 1.54) is 7.11 Å². The number of rotatable bonds is 1. The molecule has 6 heteroatoms. The highest BCUT2D eigenvalue weighted by Gasteiger charge is 2.39. The normalized spacial score (nSPS) is 27.4. The zero-order chi connectivity index (χ0) is 10.0. The second-order valence-electron chi connectivity index (χ2n) is 2.87. The predicted molar refractivity (Wildman–Crippen MR) is 41.2 cm³/mol. The number of carboxylic acid groups (broad SMARTS) is 1. The van der Waals surface area contributed by atoms with Crippen molar-refractivity contribution in [3.05, 3.63) is 0 Å². The lowest BCUT2D eigenvalue weighted by molar-refractivity contribution is -0.141.